The lowest BCUT2D eigenvalue weighted by Gasteiger charge is -2.22. The molecule has 0 amide bonds. The average Bonchev–Trinajstić information content (AvgIpc) is 3.31. The first-order valence-corrected chi connectivity index (χ1v) is 10.2. The third kappa shape index (κ3) is 5.91. The zero-order valence-corrected chi connectivity index (χ0v) is 17.6. The smallest absolute Gasteiger partial charge is 0.388 e. The summed E-state index contributed by atoms with van der Waals surface area (Å²) in [6, 6.07) is 1.40. The molecule has 0 radical (unpaired) electrons. The van der Waals surface area contributed by atoms with Crippen LogP contribution >= 0.6 is 0 Å². The predicted molar refractivity (Wildman–Crippen MR) is 111 cm³/mol. The number of ether oxygens (including phenoxy) is 2. The topological polar surface area (TPSA) is 77.0 Å². The number of hydrogen-bond acceptors (Lipinski definition) is 5. The van der Waals surface area contributed by atoms with Gasteiger partial charge in [-0.2, -0.15) is 8.78 Å². The summed E-state index contributed by atoms with van der Waals surface area (Å²) in [5.74, 6) is 0.931. The molecular weight excluding hydrogens is 392 g/mol. The lowest BCUT2D eigenvalue weighted by molar-refractivity contribution is -0.0528. The molecule has 2 aromatic rings. The van der Waals surface area contributed by atoms with Gasteiger partial charge in [0.2, 0.25) is 5.88 Å². The Kier molecular flexibility index (Phi) is 7.62. The van der Waals surface area contributed by atoms with E-state index in [-0.39, 0.29) is 5.88 Å². The number of allylic oxidation sites excluding steroid dienone is 2. The number of imidazole rings is 1. The lowest BCUT2D eigenvalue weighted by Crippen LogP contribution is -2.20. The molecule has 2 N–H and O–H groups in total. The van der Waals surface area contributed by atoms with E-state index in [9.17, 15) is 8.78 Å². The van der Waals surface area contributed by atoms with Crippen molar-refractivity contribution in [3.63, 3.8) is 0 Å². The monoisotopic (exact) mass is 421 g/mol. The zero-order valence-electron chi connectivity index (χ0n) is 17.6. The summed E-state index contributed by atoms with van der Waals surface area (Å²) in [5, 5.41) is 9.57. The summed E-state index contributed by atoms with van der Waals surface area (Å²) in [5.41, 5.74) is 3.97. The number of nitrogens with one attached hydrogen (secondary N) is 2. The van der Waals surface area contributed by atoms with Crippen LogP contribution in [0.4, 0.5) is 14.6 Å². The summed E-state index contributed by atoms with van der Waals surface area (Å²) >= 11 is 0. The Bertz CT molecular complexity index is 882. The molecule has 7 nitrogen and oxygen atoms in total. The SMILES string of the molecule is CC/C(C)=C(/C=C\c1ncn(CC2CCOCC2)c1C)Nc1cc(OC(F)F)n[nH]1. The molecule has 3 heterocycles. The minimum absolute atomic E-state index is 0.160. The Labute approximate surface area is 175 Å². The van der Waals surface area contributed by atoms with E-state index >= 15 is 0 Å². The molecule has 0 saturated carbocycles. The molecule has 1 aliphatic heterocycles. The summed E-state index contributed by atoms with van der Waals surface area (Å²) in [4.78, 5) is 4.55. The van der Waals surface area contributed by atoms with Crippen molar-refractivity contribution in [2.75, 3.05) is 18.5 Å². The van der Waals surface area contributed by atoms with Gasteiger partial charge in [0.05, 0.1) is 12.0 Å². The highest BCUT2D eigenvalue weighted by molar-refractivity contribution is 5.57. The summed E-state index contributed by atoms with van der Waals surface area (Å²) < 4.78 is 36.6. The van der Waals surface area contributed by atoms with Crippen molar-refractivity contribution in [3.05, 3.63) is 41.1 Å². The third-order valence-corrected chi connectivity index (χ3v) is 5.37. The van der Waals surface area contributed by atoms with Crippen LogP contribution in [0.5, 0.6) is 5.88 Å². The second-order valence-electron chi connectivity index (χ2n) is 7.43. The van der Waals surface area contributed by atoms with Crippen LogP contribution in [0.15, 0.2) is 29.7 Å². The van der Waals surface area contributed by atoms with Crippen LogP contribution in [0, 0.1) is 12.8 Å². The third-order valence-electron chi connectivity index (χ3n) is 5.37. The maximum atomic E-state index is 12.3. The largest absolute Gasteiger partial charge is 0.415 e. The van der Waals surface area contributed by atoms with Crippen molar-refractivity contribution in [1.82, 2.24) is 19.7 Å². The Balaban J connectivity index is 1.70. The van der Waals surface area contributed by atoms with Crippen LogP contribution < -0.4 is 10.1 Å². The fourth-order valence-electron chi connectivity index (χ4n) is 3.32. The van der Waals surface area contributed by atoms with Gasteiger partial charge in [0.15, 0.2) is 0 Å². The van der Waals surface area contributed by atoms with E-state index in [1.54, 1.807) is 0 Å². The van der Waals surface area contributed by atoms with Crippen LogP contribution in [-0.4, -0.2) is 39.6 Å². The molecule has 0 unspecified atom stereocenters. The number of alkyl halides is 2. The first-order valence-electron chi connectivity index (χ1n) is 10.2. The highest BCUT2D eigenvalue weighted by atomic mass is 19.3. The van der Waals surface area contributed by atoms with Crippen molar-refractivity contribution in [2.24, 2.45) is 5.92 Å². The van der Waals surface area contributed by atoms with Gasteiger partial charge in [-0.25, -0.2) is 4.98 Å². The van der Waals surface area contributed by atoms with Gasteiger partial charge in [-0.1, -0.05) is 12.5 Å². The Morgan fingerprint density at radius 3 is 2.90 bits per heavy atom. The van der Waals surface area contributed by atoms with Crippen molar-refractivity contribution in [1.29, 1.82) is 0 Å². The number of hydrogen-bond donors (Lipinski definition) is 2. The van der Waals surface area contributed by atoms with Gasteiger partial charge in [0.1, 0.15) is 5.82 Å². The van der Waals surface area contributed by atoms with Gasteiger partial charge in [-0.05, 0) is 51.2 Å². The molecule has 0 aliphatic carbocycles. The quantitative estimate of drug-likeness (QED) is 0.572. The van der Waals surface area contributed by atoms with Crippen molar-refractivity contribution >= 4 is 11.9 Å². The fourth-order valence-corrected chi connectivity index (χ4v) is 3.32. The predicted octanol–water partition coefficient (Wildman–Crippen LogP) is 4.75. The number of H-pyrrole nitrogens is 1. The molecule has 0 spiro atoms. The van der Waals surface area contributed by atoms with Crippen molar-refractivity contribution < 1.29 is 18.3 Å². The number of aromatic amines is 1. The fraction of sp³-hybridized carbons (Fsp3) is 0.524. The van der Waals surface area contributed by atoms with E-state index in [1.165, 1.54) is 6.07 Å². The molecule has 1 aliphatic rings. The first-order chi connectivity index (χ1) is 14.5. The molecule has 2 aromatic heterocycles. The summed E-state index contributed by atoms with van der Waals surface area (Å²) in [7, 11) is 0. The minimum Gasteiger partial charge on any atom is -0.415 e. The van der Waals surface area contributed by atoms with Crippen LogP contribution in [0.3, 0.4) is 0 Å². The van der Waals surface area contributed by atoms with Crippen LogP contribution in [0.2, 0.25) is 0 Å². The van der Waals surface area contributed by atoms with Gasteiger partial charge in [-0.15, -0.1) is 5.10 Å². The molecule has 0 atom stereocenters. The first kappa shape index (κ1) is 22.0. The van der Waals surface area contributed by atoms with E-state index in [2.05, 4.69) is 43.6 Å². The molecule has 0 bridgehead atoms. The number of rotatable bonds is 9. The molecule has 0 aromatic carbocycles. The van der Waals surface area contributed by atoms with E-state index in [0.29, 0.717) is 11.7 Å². The average molecular weight is 421 g/mol. The maximum Gasteiger partial charge on any atom is 0.388 e. The Hall–Kier alpha value is -2.68. The molecule has 9 heteroatoms. The van der Waals surface area contributed by atoms with Gasteiger partial charge >= 0.3 is 6.61 Å². The van der Waals surface area contributed by atoms with Crippen molar-refractivity contribution in [2.45, 2.75) is 53.2 Å². The highest BCUT2D eigenvalue weighted by Gasteiger charge is 2.16. The van der Waals surface area contributed by atoms with E-state index in [0.717, 1.165) is 61.7 Å². The molecule has 164 valence electrons. The molecule has 30 heavy (non-hydrogen) atoms. The van der Waals surface area contributed by atoms with Gasteiger partial charge < -0.3 is 19.4 Å². The minimum atomic E-state index is -2.91. The molecule has 1 saturated heterocycles. The van der Waals surface area contributed by atoms with Crippen LogP contribution in [0.25, 0.3) is 6.08 Å². The lowest BCUT2D eigenvalue weighted by atomic mass is 10.0. The second-order valence-corrected chi connectivity index (χ2v) is 7.43. The highest BCUT2D eigenvalue weighted by Crippen LogP contribution is 2.21. The van der Waals surface area contributed by atoms with Gasteiger partial charge in [-0.3, -0.25) is 5.10 Å². The molecule has 3 rings (SSSR count). The molecule has 1 fully saturated rings. The van der Waals surface area contributed by atoms with Gasteiger partial charge in [0.25, 0.3) is 0 Å². The van der Waals surface area contributed by atoms with E-state index < -0.39 is 6.61 Å². The maximum absolute atomic E-state index is 12.3. The van der Waals surface area contributed by atoms with Crippen LogP contribution in [0.1, 0.15) is 44.5 Å². The van der Waals surface area contributed by atoms with E-state index in [4.69, 9.17) is 4.74 Å². The summed E-state index contributed by atoms with van der Waals surface area (Å²) in [6.07, 6.45) is 8.79. The number of anilines is 1. The summed E-state index contributed by atoms with van der Waals surface area (Å²) in [6.45, 7) is 5.84. The van der Waals surface area contributed by atoms with Crippen molar-refractivity contribution in [3.8, 4) is 5.88 Å². The second kappa shape index (κ2) is 10.4. The van der Waals surface area contributed by atoms with Crippen LogP contribution in [-0.2, 0) is 11.3 Å². The number of nitrogens with zero attached hydrogens (tertiary/aromatic N) is 3. The van der Waals surface area contributed by atoms with E-state index in [1.807, 2.05) is 25.4 Å². The van der Waals surface area contributed by atoms with Gasteiger partial charge in [0, 0.05) is 37.2 Å². The zero-order chi connectivity index (χ0) is 21.5. The molecular formula is C21H29F2N5O2. The Morgan fingerprint density at radius 1 is 1.43 bits per heavy atom. The number of halogens is 2. The number of aromatic nitrogens is 4. The normalized spacial score (nSPS) is 16.3. The Morgan fingerprint density at radius 2 is 2.20 bits per heavy atom. The standard InChI is InChI=1S/C21H29F2N5O2/c1-4-14(2)17(25-19-11-20(27-26-19)30-21(22)23)5-6-18-15(3)28(13-24-18)12-16-7-9-29-10-8-16/h5-6,11,13,16,21H,4,7-10,12H2,1-3H3,(H2,25,26,27)/b6-5-,17-14-.